The second kappa shape index (κ2) is 5.61. The summed E-state index contributed by atoms with van der Waals surface area (Å²) >= 11 is 1.61. The van der Waals surface area contributed by atoms with Crippen LogP contribution in [0.5, 0.6) is 0 Å². The van der Waals surface area contributed by atoms with Crippen LogP contribution in [0.15, 0.2) is 17.5 Å². The molecule has 2 N–H and O–H groups in total. The SMILES string of the molecule is CCN(Cc1cccs1)C(=O)NCC1(C(=O)O)CC1. The minimum absolute atomic E-state index is 0.191. The summed E-state index contributed by atoms with van der Waals surface area (Å²) in [5.74, 6) is -0.811. The molecule has 0 bridgehead atoms. The standard InChI is InChI=1S/C13H18N2O3S/c1-2-15(8-10-4-3-7-19-10)12(18)14-9-13(5-6-13)11(16)17/h3-4,7H,2,5-6,8-9H2,1H3,(H,14,18)(H,16,17). The first-order valence-electron chi connectivity index (χ1n) is 6.36. The molecule has 19 heavy (non-hydrogen) atoms. The lowest BCUT2D eigenvalue weighted by Crippen LogP contribution is -2.43. The first-order chi connectivity index (χ1) is 9.07. The van der Waals surface area contributed by atoms with Crippen molar-refractivity contribution in [3.63, 3.8) is 0 Å². The molecule has 1 fully saturated rings. The number of hydrogen-bond donors (Lipinski definition) is 2. The number of hydrogen-bond acceptors (Lipinski definition) is 3. The summed E-state index contributed by atoms with van der Waals surface area (Å²) in [5.41, 5.74) is -0.710. The summed E-state index contributed by atoms with van der Waals surface area (Å²) in [7, 11) is 0. The van der Waals surface area contributed by atoms with E-state index in [2.05, 4.69) is 5.32 Å². The number of aliphatic carboxylic acids is 1. The summed E-state index contributed by atoms with van der Waals surface area (Å²) in [6.45, 7) is 3.31. The molecule has 2 rings (SSSR count). The first kappa shape index (κ1) is 13.9. The fraction of sp³-hybridized carbons (Fsp3) is 0.538. The van der Waals surface area contributed by atoms with E-state index in [-0.39, 0.29) is 12.6 Å². The van der Waals surface area contributed by atoms with Gasteiger partial charge in [0.15, 0.2) is 0 Å². The molecular weight excluding hydrogens is 264 g/mol. The van der Waals surface area contributed by atoms with Crippen LogP contribution in [0.1, 0.15) is 24.6 Å². The zero-order valence-corrected chi connectivity index (χ0v) is 11.7. The Morgan fingerprint density at radius 2 is 2.26 bits per heavy atom. The van der Waals surface area contributed by atoms with Crippen molar-refractivity contribution in [1.82, 2.24) is 10.2 Å². The van der Waals surface area contributed by atoms with Gasteiger partial charge in [-0.1, -0.05) is 6.07 Å². The highest BCUT2D eigenvalue weighted by Crippen LogP contribution is 2.45. The van der Waals surface area contributed by atoms with Crippen molar-refractivity contribution >= 4 is 23.3 Å². The number of carboxylic acid groups (broad SMARTS) is 1. The minimum Gasteiger partial charge on any atom is -0.481 e. The molecule has 2 amide bonds. The Morgan fingerprint density at radius 1 is 1.53 bits per heavy atom. The maximum Gasteiger partial charge on any atom is 0.317 e. The van der Waals surface area contributed by atoms with Crippen LogP contribution in [-0.2, 0) is 11.3 Å². The number of carbonyl (C=O) groups is 2. The van der Waals surface area contributed by atoms with E-state index in [0.29, 0.717) is 25.9 Å². The third-order valence-electron chi connectivity index (χ3n) is 3.48. The quantitative estimate of drug-likeness (QED) is 0.840. The van der Waals surface area contributed by atoms with Gasteiger partial charge in [0.25, 0.3) is 0 Å². The maximum absolute atomic E-state index is 12.0. The molecular formula is C13H18N2O3S. The average Bonchev–Trinajstić information content (AvgIpc) is 3.02. The number of nitrogens with one attached hydrogen (secondary N) is 1. The van der Waals surface area contributed by atoms with Crippen LogP contribution in [0.3, 0.4) is 0 Å². The van der Waals surface area contributed by atoms with E-state index in [9.17, 15) is 9.59 Å². The van der Waals surface area contributed by atoms with Crippen LogP contribution in [0.4, 0.5) is 4.79 Å². The van der Waals surface area contributed by atoms with Crippen molar-refractivity contribution in [2.45, 2.75) is 26.3 Å². The Hall–Kier alpha value is -1.56. The van der Waals surface area contributed by atoms with Gasteiger partial charge in [-0.15, -0.1) is 11.3 Å². The van der Waals surface area contributed by atoms with E-state index in [1.54, 1.807) is 16.2 Å². The van der Waals surface area contributed by atoms with Gasteiger partial charge in [0.2, 0.25) is 0 Å². The molecule has 0 radical (unpaired) electrons. The topological polar surface area (TPSA) is 69.6 Å². The molecule has 5 nitrogen and oxygen atoms in total. The molecule has 0 unspecified atom stereocenters. The number of nitrogens with zero attached hydrogens (tertiary/aromatic N) is 1. The van der Waals surface area contributed by atoms with Gasteiger partial charge < -0.3 is 15.3 Å². The van der Waals surface area contributed by atoms with E-state index >= 15 is 0 Å². The van der Waals surface area contributed by atoms with Gasteiger partial charge in [0.1, 0.15) is 0 Å². The molecule has 0 aliphatic heterocycles. The van der Waals surface area contributed by atoms with Gasteiger partial charge in [0, 0.05) is 18.0 Å². The molecule has 1 aromatic heterocycles. The van der Waals surface area contributed by atoms with E-state index in [1.807, 2.05) is 24.4 Å². The Balaban J connectivity index is 1.85. The fourth-order valence-electron chi connectivity index (χ4n) is 1.89. The van der Waals surface area contributed by atoms with Gasteiger partial charge in [-0.05, 0) is 31.2 Å². The van der Waals surface area contributed by atoms with E-state index in [0.717, 1.165) is 4.88 Å². The fourth-order valence-corrected chi connectivity index (χ4v) is 2.61. The van der Waals surface area contributed by atoms with Gasteiger partial charge in [0.05, 0.1) is 12.0 Å². The summed E-state index contributed by atoms with van der Waals surface area (Å²) in [4.78, 5) is 25.9. The molecule has 1 aromatic rings. The lowest BCUT2D eigenvalue weighted by molar-refractivity contribution is -0.143. The Labute approximate surface area is 116 Å². The molecule has 6 heteroatoms. The average molecular weight is 282 g/mol. The normalized spacial score (nSPS) is 15.8. The monoisotopic (exact) mass is 282 g/mol. The number of carboxylic acids is 1. The highest BCUT2D eigenvalue weighted by molar-refractivity contribution is 7.09. The van der Waals surface area contributed by atoms with E-state index < -0.39 is 11.4 Å². The predicted octanol–water partition coefficient (Wildman–Crippen LogP) is 2.14. The maximum atomic E-state index is 12.0. The van der Waals surface area contributed by atoms with E-state index in [4.69, 9.17) is 5.11 Å². The summed E-state index contributed by atoms with van der Waals surface area (Å²) in [6, 6.07) is 3.75. The number of carbonyl (C=O) groups excluding carboxylic acids is 1. The number of rotatable bonds is 6. The highest BCUT2D eigenvalue weighted by atomic mass is 32.1. The molecule has 1 heterocycles. The lowest BCUT2D eigenvalue weighted by atomic mass is 10.1. The van der Waals surface area contributed by atoms with Crippen LogP contribution in [0.2, 0.25) is 0 Å². The molecule has 1 aliphatic carbocycles. The van der Waals surface area contributed by atoms with Crippen LogP contribution in [0, 0.1) is 5.41 Å². The molecule has 0 spiro atoms. The third-order valence-corrected chi connectivity index (χ3v) is 4.34. The molecule has 104 valence electrons. The van der Waals surface area contributed by atoms with Crippen molar-refractivity contribution in [3.05, 3.63) is 22.4 Å². The van der Waals surface area contributed by atoms with Crippen molar-refractivity contribution in [3.8, 4) is 0 Å². The Bertz CT molecular complexity index is 454. The van der Waals surface area contributed by atoms with Crippen molar-refractivity contribution in [1.29, 1.82) is 0 Å². The van der Waals surface area contributed by atoms with E-state index in [1.165, 1.54) is 0 Å². The smallest absolute Gasteiger partial charge is 0.317 e. The van der Waals surface area contributed by atoms with Crippen LogP contribution < -0.4 is 5.32 Å². The number of urea groups is 1. The molecule has 1 aliphatic rings. The molecule has 0 saturated heterocycles. The zero-order valence-electron chi connectivity index (χ0n) is 10.9. The predicted molar refractivity (Wildman–Crippen MR) is 73.1 cm³/mol. The van der Waals surface area contributed by atoms with Crippen LogP contribution in [0.25, 0.3) is 0 Å². The second-order valence-electron chi connectivity index (χ2n) is 4.84. The van der Waals surface area contributed by atoms with Crippen LogP contribution >= 0.6 is 11.3 Å². The first-order valence-corrected chi connectivity index (χ1v) is 7.24. The van der Waals surface area contributed by atoms with Gasteiger partial charge >= 0.3 is 12.0 Å². The van der Waals surface area contributed by atoms with Gasteiger partial charge in [-0.2, -0.15) is 0 Å². The minimum atomic E-state index is -0.811. The molecule has 0 aromatic carbocycles. The lowest BCUT2D eigenvalue weighted by Gasteiger charge is -2.22. The summed E-state index contributed by atoms with van der Waals surface area (Å²) in [6.07, 6.45) is 1.30. The number of amides is 2. The van der Waals surface area contributed by atoms with Gasteiger partial charge in [-0.25, -0.2) is 4.79 Å². The summed E-state index contributed by atoms with van der Waals surface area (Å²) < 4.78 is 0. The van der Waals surface area contributed by atoms with Crippen molar-refractivity contribution < 1.29 is 14.7 Å². The van der Waals surface area contributed by atoms with Crippen molar-refractivity contribution in [2.75, 3.05) is 13.1 Å². The third kappa shape index (κ3) is 3.26. The second-order valence-corrected chi connectivity index (χ2v) is 5.87. The van der Waals surface area contributed by atoms with Crippen LogP contribution in [-0.4, -0.2) is 35.1 Å². The highest BCUT2D eigenvalue weighted by Gasteiger charge is 2.50. The largest absolute Gasteiger partial charge is 0.481 e. The Kier molecular flexibility index (Phi) is 4.09. The summed E-state index contributed by atoms with van der Waals surface area (Å²) in [5, 5.41) is 13.8. The zero-order chi connectivity index (χ0) is 13.9. The molecule has 1 saturated carbocycles. The Morgan fingerprint density at radius 3 is 2.74 bits per heavy atom. The van der Waals surface area contributed by atoms with Gasteiger partial charge in [-0.3, -0.25) is 4.79 Å². The van der Waals surface area contributed by atoms with Crippen molar-refractivity contribution in [2.24, 2.45) is 5.41 Å². The molecule has 0 atom stereocenters. The number of thiophene rings is 1.